The number of rotatable bonds is 5. The van der Waals surface area contributed by atoms with Gasteiger partial charge in [0.2, 0.25) is 0 Å². The van der Waals surface area contributed by atoms with E-state index in [1.807, 2.05) is 11.3 Å². The maximum Gasteiger partial charge on any atom is 0.0558 e. The summed E-state index contributed by atoms with van der Waals surface area (Å²) in [5.41, 5.74) is 3.40. The number of thiophene rings is 1. The van der Waals surface area contributed by atoms with Crippen molar-refractivity contribution in [1.82, 2.24) is 10.2 Å². The van der Waals surface area contributed by atoms with Crippen LogP contribution in [0.4, 0.5) is 0 Å². The maximum atomic E-state index is 9.20. The Hall–Kier alpha value is -1.20. The molecule has 3 nitrogen and oxygen atoms in total. The average molecular weight is 357 g/mol. The van der Waals surface area contributed by atoms with Crippen molar-refractivity contribution in [3.63, 3.8) is 0 Å². The van der Waals surface area contributed by atoms with Gasteiger partial charge in [-0.25, -0.2) is 0 Å². The number of nitrogens with one attached hydrogen (secondary N) is 1. The van der Waals surface area contributed by atoms with Crippen molar-refractivity contribution in [2.24, 2.45) is 0 Å². The first kappa shape index (κ1) is 17.2. The van der Waals surface area contributed by atoms with Crippen molar-refractivity contribution in [2.45, 2.75) is 44.2 Å². The van der Waals surface area contributed by atoms with Gasteiger partial charge in [-0.2, -0.15) is 0 Å². The molecule has 4 heteroatoms. The SMILES string of the molecule is Cc1ccc(CNC2CC3(CCN(CCO)CC3)c3ccccc32)s1. The number of nitrogens with zero attached hydrogens (tertiary/aromatic N) is 1. The van der Waals surface area contributed by atoms with Crippen molar-refractivity contribution in [1.29, 1.82) is 0 Å². The summed E-state index contributed by atoms with van der Waals surface area (Å²) in [6.45, 7) is 6.43. The standard InChI is InChI=1S/C21H28N2OS/c1-16-6-7-17(25-16)15-22-20-14-21(19-5-3-2-4-18(19)20)8-10-23(11-9-21)12-13-24/h2-7,20,22,24H,8-15H2,1H3. The van der Waals surface area contributed by atoms with E-state index in [1.54, 1.807) is 5.56 Å². The highest BCUT2D eigenvalue weighted by molar-refractivity contribution is 7.11. The van der Waals surface area contributed by atoms with Crippen LogP contribution in [0.3, 0.4) is 0 Å². The van der Waals surface area contributed by atoms with Crippen LogP contribution in [0, 0.1) is 6.92 Å². The minimum absolute atomic E-state index is 0.272. The number of aliphatic hydroxyl groups excluding tert-OH is 1. The zero-order valence-electron chi connectivity index (χ0n) is 15.0. The Morgan fingerprint density at radius 1 is 1.20 bits per heavy atom. The van der Waals surface area contributed by atoms with Crippen LogP contribution in [0.5, 0.6) is 0 Å². The highest BCUT2D eigenvalue weighted by Crippen LogP contribution is 2.50. The number of hydrogen-bond donors (Lipinski definition) is 2. The second kappa shape index (κ2) is 7.20. The second-order valence-electron chi connectivity index (χ2n) is 7.58. The molecular formula is C21H28N2OS. The monoisotopic (exact) mass is 356 g/mol. The summed E-state index contributed by atoms with van der Waals surface area (Å²) in [7, 11) is 0. The first-order valence-electron chi connectivity index (χ1n) is 9.41. The van der Waals surface area contributed by atoms with Gasteiger partial charge >= 0.3 is 0 Å². The topological polar surface area (TPSA) is 35.5 Å². The predicted octanol–water partition coefficient (Wildman–Crippen LogP) is 3.62. The molecule has 1 unspecified atom stereocenters. The Kier molecular flexibility index (Phi) is 4.96. The predicted molar refractivity (Wildman–Crippen MR) is 104 cm³/mol. The molecule has 1 aromatic heterocycles. The Labute approximate surface area is 154 Å². The minimum Gasteiger partial charge on any atom is -0.395 e. The quantitative estimate of drug-likeness (QED) is 0.859. The van der Waals surface area contributed by atoms with Crippen LogP contribution in [0.15, 0.2) is 36.4 Å². The summed E-state index contributed by atoms with van der Waals surface area (Å²) < 4.78 is 0. The molecular weight excluding hydrogens is 328 g/mol. The fourth-order valence-corrected chi connectivity index (χ4v) is 5.54. The van der Waals surface area contributed by atoms with Crippen molar-refractivity contribution in [2.75, 3.05) is 26.2 Å². The molecule has 2 aliphatic rings. The molecule has 0 radical (unpaired) electrons. The van der Waals surface area contributed by atoms with Gasteiger partial charge in [0.25, 0.3) is 0 Å². The van der Waals surface area contributed by atoms with Gasteiger partial charge in [0.05, 0.1) is 6.61 Å². The van der Waals surface area contributed by atoms with Crippen LogP contribution in [-0.2, 0) is 12.0 Å². The summed E-state index contributed by atoms with van der Waals surface area (Å²) in [6.07, 6.45) is 3.63. The fraction of sp³-hybridized carbons (Fsp3) is 0.524. The number of fused-ring (bicyclic) bond motifs is 2. The van der Waals surface area contributed by atoms with Gasteiger partial charge < -0.3 is 15.3 Å². The average Bonchev–Trinajstić information content (AvgIpc) is 3.18. The zero-order valence-corrected chi connectivity index (χ0v) is 15.8. The van der Waals surface area contributed by atoms with E-state index in [9.17, 15) is 5.11 Å². The third kappa shape index (κ3) is 3.41. The molecule has 4 rings (SSSR count). The van der Waals surface area contributed by atoms with E-state index >= 15 is 0 Å². The Balaban J connectivity index is 1.50. The fourth-order valence-electron chi connectivity index (χ4n) is 4.70. The summed E-state index contributed by atoms with van der Waals surface area (Å²) in [6, 6.07) is 14.0. The van der Waals surface area contributed by atoms with Gasteiger partial charge in [0.15, 0.2) is 0 Å². The minimum atomic E-state index is 0.272. The molecule has 2 N–H and O–H groups in total. The number of likely N-dealkylation sites (tertiary alicyclic amines) is 1. The first-order valence-corrected chi connectivity index (χ1v) is 10.2. The summed E-state index contributed by atoms with van der Waals surface area (Å²) in [4.78, 5) is 5.22. The van der Waals surface area contributed by atoms with Crippen LogP contribution in [0.1, 0.15) is 46.2 Å². The zero-order chi connectivity index (χ0) is 17.3. The summed E-state index contributed by atoms with van der Waals surface area (Å²) >= 11 is 1.89. The number of β-amino-alcohol motifs (C(OH)–C–C–N with tert-alkyl or cyclic N) is 1. The smallest absolute Gasteiger partial charge is 0.0558 e. The van der Waals surface area contributed by atoms with E-state index in [0.29, 0.717) is 11.5 Å². The van der Waals surface area contributed by atoms with Gasteiger partial charge in [-0.1, -0.05) is 24.3 Å². The van der Waals surface area contributed by atoms with E-state index in [4.69, 9.17) is 0 Å². The molecule has 2 aromatic rings. The van der Waals surface area contributed by atoms with Crippen LogP contribution < -0.4 is 5.32 Å². The Morgan fingerprint density at radius 2 is 2.00 bits per heavy atom. The molecule has 1 spiro atoms. The number of benzene rings is 1. The molecule has 134 valence electrons. The van der Waals surface area contributed by atoms with E-state index in [1.165, 1.54) is 34.6 Å². The molecule has 0 amide bonds. The molecule has 1 atom stereocenters. The van der Waals surface area contributed by atoms with Gasteiger partial charge in [-0.15, -0.1) is 11.3 Å². The van der Waals surface area contributed by atoms with Gasteiger partial charge in [-0.05, 0) is 68.0 Å². The van der Waals surface area contributed by atoms with Crippen LogP contribution in [-0.4, -0.2) is 36.2 Å². The second-order valence-corrected chi connectivity index (χ2v) is 8.96. The first-order chi connectivity index (χ1) is 12.2. The molecule has 1 aliphatic heterocycles. The molecule has 1 fully saturated rings. The number of piperidine rings is 1. The van der Waals surface area contributed by atoms with E-state index in [0.717, 1.165) is 26.2 Å². The van der Waals surface area contributed by atoms with Crippen LogP contribution >= 0.6 is 11.3 Å². The molecule has 0 bridgehead atoms. The highest BCUT2D eigenvalue weighted by Gasteiger charge is 2.44. The molecule has 1 saturated heterocycles. The highest BCUT2D eigenvalue weighted by atomic mass is 32.1. The Morgan fingerprint density at radius 3 is 2.72 bits per heavy atom. The van der Waals surface area contributed by atoms with Gasteiger partial charge in [0.1, 0.15) is 0 Å². The van der Waals surface area contributed by atoms with Gasteiger partial charge in [0, 0.05) is 28.9 Å². The molecule has 0 saturated carbocycles. The number of hydrogen-bond acceptors (Lipinski definition) is 4. The maximum absolute atomic E-state index is 9.20. The van der Waals surface area contributed by atoms with E-state index in [2.05, 4.69) is 53.5 Å². The lowest BCUT2D eigenvalue weighted by Gasteiger charge is -2.40. The van der Waals surface area contributed by atoms with E-state index < -0.39 is 0 Å². The van der Waals surface area contributed by atoms with Crippen molar-refractivity contribution in [3.05, 3.63) is 57.3 Å². The molecule has 1 aliphatic carbocycles. The summed E-state index contributed by atoms with van der Waals surface area (Å²) in [5, 5.41) is 13.0. The normalized spacial score (nSPS) is 22.4. The van der Waals surface area contributed by atoms with Crippen LogP contribution in [0.25, 0.3) is 0 Å². The number of aliphatic hydroxyl groups is 1. The Bertz CT molecular complexity index is 718. The van der Waals surface area contributed by atoms with Crippen molar-refractivity contribution in [3.8, 4) is 0 Å². The molecule has 2 heterocycles. The number of aryl methyl sites for hydroxylation is 1. The van der Waals surface area contributed by atoms with Crippen molar-refractivity contribution >= 4 is 11.3 Å². The lowest BCUT2D eigenvalue weighted by molar-refractivity contribution is 0.127. The molecule has 1 aromatic carbocycles. The summed E-state index contributed by atoms with van der Waals surface area (Å²) in [5.74, 6) is 0. The van der Waals surface area contributed by atoms with Crippen LogP contribution in [0.2, 0.25) is 0 Å². The largest absolute Gasteiger partial charge is 0.395 e. The van der Waals surface area contributed by atoms with Crippen molar-refractivity contribution < 1.29 is 5.11 Å². The third-order valence-electron chi connectivity index (χ3n) is 6.05. The lowest BCUT2D eigenvalue weighted by Crippen LogP contribution is -2.42. The molecule has 25 heavy (non-hydrogen) atoms. The third-order valence-corrected chi connectivity index (χ3v) is 7.05. The lowest BCUT2D eigenvalue weighted by atomic mass is 9.73. The van der Waals surface area contributed by atoms with E-state index in [-0.39, 0.29) is 6.61 Å². The van der Waals surface area contributed by atoms with Gasteiger partial charge in [-0.3, -0.25) is 0 Å².